The number of benzene rings is 2. The quantitative estimate of drug-likeness (QED) is 0.671. The fourth-order valence-electron chi connectivity index (χ4n) is 3.64. The number of hydrogen-bond acceptors (Lipinski definition) is 3. The fraction of sp³-hybridized carbons (Fsp3) is 0.261. The van der Waals surface area contributed by atoms with E-state index < -0.39 is 0 Å². The molecule has 0 spiro atoms. The van der Waals surface area contributed by atoms with Gasteiger partial charge in [0, 0.05) is 38.7 Å². The van der Waals surface area contributed by atoms with Crippen LogP contribution in [0.2, 0.25) is 0 Å². The van der Waals surface area contributed by atoms with E-state index >= 15 is 0 Å². The summed E-state index contributed by atoms with van der Waals surface area (Å²) in [6, 6.07) is 15.6. The Balaban J connectivity index is 1.71. The normalized spacial score (nSPS) is 14.1. The Kier molecular flexibility index (Phi) is 5.35. The first kappa shape index (κ1) is 19.8. The van der Waals surface area contributed by atoms with Gasteiger partial charge in [-0.05, 0) is 55.0 Å². The highest BCUT2D eigenvalue weighted by atomic mass is 19.1. The lowest BCUT2D eigenvalue weighted by atomic mass is 10.1. The van der Waals surface area contributed by atoms with Crippen LogP contribution in [0.1, 0.15) is 23.0 Å². The largest absolute Gasteiger partial charge is 0.339 e. The zero-order chi connectivity index (χ0) is 21.3. The van der Waals surface area contributed by atoms with Crippen LogP contribution in [0.4, 0.5) is 4.39 Å². The first-order valence-electron chi connectivity index (χ1n) is 9.90. The van der Waals surface area contributed by atoms with Crippen molar-refractivity contribution in [3.05, 3.63) is 71.7 Å². The van der Waals surface area contributed by atoms with Crippen LogP contribution < -0.4 is 0 Å². The molecule has 2 aromatic carbocycles. The second kappa shape index (κ2) is 8.10. The number of aryl methyl sites for hydroxylation is 1. The van der Waals surface area contributed by atoms with Crippen molar-refractivity contribution in [1.29, 1.82) is 0 Å². The molecule has 1 aliphatic rings. The molecule has 1 aliphatic heterocycles. The highest BCUT2D eigenvalue weighted by molar-refractivity contribution is 5.94. The lowest BCUT2D eigenvalue weighted by molar-refractivity contribution is -0.130. The second-order valence-electron chi connectivity index (χ2n) is 7.47. The fourth-order valence-corrected chi connectivity index (χ4v) is 3.64. The molecule has 0 bridgehead atoms. The molecule has 0 saturated carbocycles. The van der Waals surface area contributed by atoms with E-state index in [1.807, 2.05) is 31.2 Å². The van der Waals surface area contributed by atoms with E-state index in [0.717, 1.165) is 16.8 Å². The summed E-state index contributed by atoms with van der Waals surface area (Å²) >= 11 is 0. The van der Waals surface area contributed by atoms with E-state index in [0.29, 0.717) is 37.6 Å². The van der Waals surface area contributed by atoms with Gasteiger partial charge in [-0.1, -0.05) is 12.1 Å². The molecule has 0 N–H and O–H groups in total. The van der Waals surface area contributed by atoms with Gasteiger partial charge in [0.1, 0.15) is 11.5 Å². The summed E-state index contributed by atoms with van der Waals surface area (Å²) in [7, 11) is 0. The molecule has 2 heterocycles. The highest BCUT2D eigenvalue weighted by Gasteiger charge is 2.27. The summed E-state index contributed by atoms with van der Waals surface area (Å²) in [6.07, 6.45) is 0. The Labute approximate surface area is 174 Å². The Bertz CT molecular complexity index is 1080. The molecule has 2 amide bonds. The van der Waals surface area contributed by atoms with Crippen LogP contribution in [0.25, 0.3) is 16.9 Å². The average molecular weight is 406 g/mol. The van der Waals surface area contributed by atoms with Crippen LogP contribution in [0.5, 0.6) is 0 Å². The van der Waals surface area contributed by atoms with Gasteiger partial charge in [0.05, 0.1) is 11.4 Å². The molecule has 1 aromatic heterocycles. The van der Waals surface area contributed by atoms with Crippen molar-refractivity contribution in [3.8, 4) is 16.9 Å². The maximum atomic E-state index is 13.4. The molecule has 1 saturated heterocycles. The predicted molar refractivity (Wildman–Crippen MR) is 112 cm³/mol. The van der Waals surface area contributed by atoms with Gasteiger partial charge in [0.25, 0.3) is 5.91 Å². The first-order valence-corrected chi connectivity index (χ1v) is 9.90. The van der Waals surface area contributed by atoms with E-state index in [2.05, 4.69) is 5.10 Å². The number of nitrogens with zero attached hydrogens (tertiary/aromatic N) is 4. The van der Waals surface area contributed by atoms with Crippen molar-refractivity contribution in [3.63, 3.8) is 0 Å². The third-order valence-electron chi connectivity index (χ3n) is 5.33. The van der Waals surface area contributed by atoms with Gasteiger partial charge in [-0.3, -0.25) is 9.59 Å². The van der Waals surface area contributed by atoms with Crippen LogP contribution in [0.3, 0.4) is 0 Å². The van der Waals surface area contributed by atoms with E-state index in [-0.39, 0.29) is 17.6 Å². The molecular weight excluding hydrogens is 383 g/mol. The van der Waals surface area contributed by atoms with Crippen molar-refractivity contribution in [1.82, 2.24) is 19.6 Å². The molecule has 0 radical (unpaired) electrons. The van der Waals surface area contributed by atoms with Gasteiger partial charge in [0.2, 0.25) is 5.91 Å². The summed E-state index contributed by atoms with van der Waals surface area (Å²) in [6.45, 7) is 5.51. The Hall–Kier alpha value is -3.48. The Morgan fingerprint density at radius 1 is 0.933 bits per heavy atom. The number of piperazine rings is 1. The maximum Gasteiger partial charge on any atom is 0.272 e. The number of amides is 2. The minimum absolute atomic E-state index is 0.0190. The lowest BCUT2D eigenvalue weighted by Crippen LogP contribution is -2.50. The molecule has 154 valence electrons. The van der Waals surface area contributed by atoms with Gasteiger partial charge in [-0.25, -0.2) is 9.07 Å². The summed E-state index contributed by atoms with van der Waals surface area (Å²) in [5.74, 6) is -0.442. The van der Waals surface area contributed by atoms with Crippen molar-refractivity contribution in [2.24, 2.45) is 0 Å². The van der Waals surface area contributed by atoms with Crippen molar-refractivity contribution in [2.45, 2.75) is 13.8 Å². The number of carbonyl (C=O) groups is 2. The van der Waals surface area contributed by atoms with Crippen molar-refractivity contribution in [2.75, 3.05) is 26.2 Å². The molecule has 7 heteroatoms. The SMILES string of the molecule is CC(=O)N1CCN(C(=O)c2cc(-c3ccc(F)cc3)nn2-c2cccc(C)c2)CC1. The molecular formula is C23H23FN4O2. The summed E-state index contributed by atoms with van der Waals surface area (Å²) in [4.78, 5) is 28.4. The van der Waals surface area contributed by atoms with Crippen molar-refractivity contribution >= 4 is 11.8 Å². The number of halogens is 1. The molecule has 6 nitrogen and oxygen atoms in total. The Morgan fingerprint density at radius 3 is 2.23 bits per heavy atom. The smallest absolute Gasteiger partial charge is 0.272 e. The second-order valence-corrected chi connectivity index (χ2v) is 7.47. The summed E-state index contributed by atoms with van der Waals surface area (Å²) in [5, 5.41) is 4.66. The standard InChI is InChI=1S/C23H23FN4O2/c1-16-4-3-5-20(14-16)28-22(15-21(25-28)18-6-8-19(24)9-7-18)23(30)27-12-10-26(11-13-27)17(2)29/h3-9,14-15H,10-13H2,1-2H3. The van der Waals surface area contributed by atoms with Gasteiger partial charge < -0.3 is 9.80 Å². The maximum absolute atomic E-state index is 13.4. The van der Waals surface area contributed by atoms with Gasteiger partial charge in [-0.15, -0.1) is 0 Å². The highest BCUT2D eigenvalue weighted by Crippen LogP contribution is 2.24. The molecule has 1 fully saturated rings. The first-order chi connectivity index (χ1) is 14.4. The summed E-state index contributed by atoms with van der Waals surface area (Å²) in [5.41, 5.74) is 3.62. The molecule has 30 heavy (non-hydrogen) atoms. The predicted octanol–water partition coefficient (Wildman–Crippen LogP) is 3.29. The van der Waals surface area contributed by atoms with Crippen LogP contribution in [0.15, 0.2) is 54.6 Å². The zero-order valence-electron chi connectivity index (χ0n) is 17.0. The molecule has 0 aliphatic carbocycles. The molecule has 4 rings (SSSR count). The zero-order valence-corrected chi connectivity index (χ0v) is 17.0. The topological polar surface area (TPSA) is 58.4 Å². The number of hydrogen-bond donors (Lipinski definition) is 0. The van der Waals surface area contributed by atoms with Gasteiger partial charge >= 0.3 is 0 Å². The van der Waals surface area contributed by atoms with Crippen LogP contribution in [-0.4, -0.2) is 57.6 Å². The molecule has 0 unspecified atom stereocenters. The number of carbonyl (C=O) groups excluding carboxylic acids is 2. The average Bonchev–Trinajstić information content (AvgIpc) is 3.19. The van der Waals surface area contributed by atoms with Gasteiger partial charge in [-0.2, -0.15) is 5.10 Å². The van der Waals surface area contributed by atoms with E-state index in [9.17, 15) is 14.0 Å². The molecule has 0 atom stereocenters. The minimum atomic E-state index is -0.323. The lowest BCUT2D eigenvalue weighted by Gasteiger charge is -2.34. The van der Waals surface area contributed by atoms with Gasteiger partial charge in [0.15, 0.2) is 0 Å². The molecule has 3 aromatic rings. The van der Waals surface area contributed by atoms with Crippen LogP contribution in [0, 0.1) is 12.7 Å². The third-order valence-corrected chi connectivity index (χ3v) is 5.33. The van der Waals surface area contributed by atoms with E-state index in [1.165, 1.54) is 12.1 Å². The number of rotatable bonds is 3. The van der Waals surface area contributed by atoms with E-state index in [4.69, 9.17) is 0 Å². The van der Waals surface area contributed by atoms with Crippen LogP contribution in [-0.2, 0) is 4.79 Å². The summed E-state index contributed by atoms with van der Waals surface area (Å²) < 4.78 is 15.0. The minimum Gasteiger partial charge on any atom is -0.339 e. The van der Waals surface area contributed by atoms with E-state index in [1.54, 1.807) is 39.6 Å². The number of aromatic nitrogens is 2. The van der Waals surface area contributed by atoms with Crippen LogP contribution >= 0.6 is 0 Å². The monoisotopic (exact) mass is 406 g/mol. The van der Waals surface area contributed by atoms with Crippen molar-refractivity contribution < 1.29 is 14.0 Å². The third kappa shape index (κ3) is 3.96. The Morgan fingerprint density at radius 2 is 1.60 bits per heavy atom.